The molecule has 0 radical (unpaired) electrons. The van der Waals surface area contributed by atoms with E-state index in [1.807, 2.05) is 6.07 Å². The summed E-state index contributed by atoms with van der Waals surface area (Å²) in [5, 5.41) is 8.70. The number of nitrogens with one attached hydrogen (secondary N) is 1. The first kappa shape index (κ1) is 13.9. The van der Waals surface area contributed by atoms with E-state index in [0.29, 0.717) is 0 Å². The Labute approximate surface area is 105 Å². The molecule has 1 heterocycles. The number of nitrogens with zero attached hydrogens (tertiary/aromatic N) is 2. The highest BCUT2D eigenvalue weighted by Gasteiger charge is 2.23. The van der Waals surface area contributed by atoms with Crippen LogP contribution >= 0.6 is 11.6 Å². The molecule has 0 aromatic carbocycles. The molecule has 1 N–H and O–H groups in total. The van der Waals surface area contributed by atoms with E-state index >= 15 is 0 Å². The van der Waals surface area contributed by atoms with E-state index in [2.05, 4.69) is 9.71 Å². The van der Waals surface area contributed by atoms with Crippen molar-refractivity contribution in [3.8, 4) is 6.07 Å². The molecule has 0 unspecified atom stereocenters. The van der Waals surface area contributed by atoms with Crippen LogP contribution in [0.5, 0.6) is 0 Å². The van der Waals surface area contributed by atoms with Crippen molar-refractivity contribution in [1.29, 1.82) is 5.26 Å². The van der Waals surface area contributed by atoms with Gasteiger partial charge < -0.3 is 0 Å². The molecule has 7 heteroatoms. The number of sulfonamides is 1. The maximum absolute atomic E-state index is 11.9. The fourth-order valence-electron chi connectivity index (χ4n) is 0.964. The van der Waals surface area contributed by atoms with Crippen LogP contribution in [0.4, 0.5) is 0 Å². The van der Waals surface area contributed by atoms with Crippen molar-refractivity contribution in [2.24, 2.45) is 5.41 Å². The molecule has 0 aliphatic heterocycles. The predicted octanol–water partition coefficient (Wildman–Crippen LogP) is 1.56. The second-order valence-corrected chi connectivity index (χ2v) is 6.21. The first-order valence-electron chi connectivity index (χ1n) is 4.80. The number of halogens is 1. The van der Waals surface area contributed by atoms with E-state index < -0.39 is 15.4 Å². The third-order valence-electron chi connectivity index (χ3n) is 2.02. The lowest BCUT2D eigenvalue weighted by molar-refractivity contribution is 0.478. The molecule has 0 amide bonds. The van der Waals surface area contributed by atoms with Gasteiger partial charge in [-0.25, -0.2) is 18.1 Å². The molecule has 1 aromatic heterocycles. The first-order valence-corrected chi connectivity index (χ1v) is 6.66. The van der Waals surface area contributed by atoms with Crippen molar-refractivity contribution in [1.82, 2.24) is 9.71 Å². The summed E-state index contributed by atoms with van der Waals surface area (Å²) in [6, 6.07) is 4.84. The molecule has 0 saturated heterocycles. The van der Waals surface area contributed by atoms with Crippen molar-refractivity contribution in [3.63, 3.8) is 0 Å². The van der Waals surface area contributed by atoms with E-state index in [1.54, 1.807) is 13.8 Å². The Bertz CT molecular complexity index is 549. The van der Waals surface area contributed by atoms with Gasteiger partial charge in [-0.15, -0.1) is 0 Å². The van der Waals surface area contributed by atoms with Crippen LogP contribution in [0.2, 0.25) is 5.15 Å². The molecule has 5 nitrogen and oxygen atoms in total. The Balaban J connectivity index is 2.92. The average molecular weight is 274 g/mol. The van der Waals surface area contributed by atoms with Crippen molar-refractivity contribution < 1.29 is 8.42 Å². The zero-order valence-electron chi connectivity index (χ0n) is 9.44. The zero-order valence-corrected chi connectivity index (χ0v) is 11.0. The van der Waals surface area contributed by atoms with E-state index in [9.17, 15) is 8.42 Å². The van der Waals surface area contributed by atoms with Gasteiger partial charge in [-0.2, -0.15) is 5.26 Å². The smallest absolute Gasteiger partial charge is 0.243 e. The Hall–Kier alpha value is -1.16. The second-order valence-electron chi connectivity index (χ2n) is 4.11. The highest BCUT2D eigenvalue weighted by molar-refractivity contribution is 7.89. The molecular formula is C10H12ClN3O2S. The van der Waals surface area contributed by atoms with Crippen LogP contribution in [0.3, 0.4) is 0 Å². The average Bonchev–Trinajstić information content (AvgIpc) is 2.27. The van der Waals surface area contributed by atoms with Gasteiger partial charge in [0.2, 0.25) is 10.0 Å². The minimum Gasteiger partial charge on any atom is -0.243 e. The standard InChI is InChI=1S/C10H12ClN3O2S/c1-10(2,6-12)7-14-17(15,16)8-4-3-5-13-9(8)11/h3-5,14H,7H2,1-2H3. The first-order chi connectivity index (χ1) is 7.78. The number of nitriles is 1. The van der Waals surface area contributed by atoms with Crippen LogP contribution in [0.15, 0.2) is 23.2 Å². The third kappa shape index (κ3) is 3.66. The molecule has 17 heavy (non-hydrogen) atoms. The summed E-state index contributed by atoms with van der Waals surface area (Å²) in [6.45, 7) is 3.29. The Morgan fingerprint density at radius 3 is 2.76 bits per heavy atom. The fraction of sp³-hybridized carbons (Fsp3) is 0.400. The van der Waals surface area contributed by atoms with Crippen LogP contribution < -0.4 is 4.72 Å². The molecule has 0 atom stereocenters. The largest absolute Gasteiger partial charge is 0.243 e. The maximum Gasteiger partial charge on any atom is 0.243 e. The van der Waals surface area contributed by atoms with Gasteiger partial charge in [0.05, 0.1) is 11.5 Å². The Kier molecular flexibility index (Phi) is 4.09. The van der Waals surface area contributed by atoms with E-state index in [-0.39, 0.29) is 16.6 Å². The summed E-state index contributed by atoms with van der Waals surface area (Å²) in [7, 11) is -3.73. The molecule has 0 bridgehead atoms. The zero-order chi connectivity index (χ0) is 13.1. The highest BCUT2D eigenvalue weighted by atomic mass is 35.5. The van der Waals surface area contributed by atoms with Gasteiger partial charge in [0.1, 0.15) is 10.0 Å². The third-order valence-corrected chi connectivity index (χ3v) is 3.87. The maximum atomic E-state index is 11.9. The van der Waals surface area contributed by atoms with Gasteiger partial charge in [0.15, 0.2) is 0 Å². The Morgan fingerprint density at radius 2 is 2.24 bits per heavy atom. The highest BCUT2D eigenvalue weighted by Crippen LogP contribution is 2.19. The second kappa shape index (κ2) is 5.00. The minimum atomic E-state index is -3.73. The fourth-order valence-corrected chi connectivity index (χ4v) is 2.63. The molecule has 0 aliphatic carbocycles. The monoisotopic (exact) mass is 273 g/mol. The van der Waals surface area contributed by atoms with Gasteiger partial charge in [-0.3, -0.25) is 0 Å². The molecule has 1 rings (SSSR count). The number of hydrogen-bond acceptors (Lipinski definition) is 4. The van der Waals surface area contributed by atoms with E-state index in [0.717, 1.165) is 0 Å². The van der Waals surface area contributed by atoms with Gasteiger partial charge in [0.25, 0.3) is 0 Å². The Morgan fingerprint density at radius 1 is 1.59 bits per heavy atom. The van der Waals surface area contributed by atoms with Crippen LogP contribution in [0, 0.1) is 16.7 Å². The van der Waals surface area contributed by atoms with Gasteiger partial charge in [0, 0.05) is 12.7 Å². The molecule has 0 aliphatic rings. The molecule has 92 valence electrons. The lowest BCUT2D eigenvalue weighted by atomic mass is 9.97. The summed E-state index contributed by atoms with van der Waals surface area (Å²) < 4.78 is 26.1. The minimum absolute atomic E-state index is 0.0110. The molecule has 1 aromatic rings. The molecular weight excluding hydrogens is 262 g/mol. The summed E-state index contributed by atoms with van der Waals surface area (Å²) in [4.78, 5) is 3.60. The molecule has 0 saturated carbocycles. The van der Waals surface area contributed by atoms with Crippen molar-refractivity contribution >= 4 is 21.6 Å². The number of rotatable bonds is 4. The normalized spacial score (nSPS) is 12.1. The van der Waals surface area contributed by atoms with Crippen LogP contribution in [-0.4, -0.2) is 19.9 Å². The summed E-state index contributed by atoms with van der Waals surface area (Å²) in [5.41, 5.74) is -0.776. The number of pyridine rings is 1. The quantitative estimate of drug-likeness (QED) is 0.844. The van der Waals surface area contributed by atoms with Crippen molar-refractivity contribution in [2.75, 3.05) is 6.54 Å². The molecule has 0 fully saturated rings. The van der Waals surface area contributed by atoms with Gasteiger partial charge >= 0.3 is 0 Å². The van der Waals surface area contributed by atoms with Gasteiger partial charge in [-0.1, -0.05) is 11.6 Å². The molecule has 0 spiro atoms. The lowest BCUT2D eigenvalue weighted by Gasteiger charge is -2.16. The van der Waals surface area contributed by atoms with Crippen LogP contribution in [0.25, 0.3) is 0 Å². The SMILES string of the molecule is CC(C)(C#N)CNS(=O)(=O)c1cccnc1Cl. The number of hydrogen-bond donors (Lipinski definition) is 1. The topological polar surface area (TPSA) is 82.9 Å². The van der Waals surface area contributed by atoms with Crippen molar-refractivity contribution in [2.45, 2.75) is 18.7 Å². The van der Waals surface area contributed by atoms with Crippen LogP contribution in [-0.2, 0) is 10.0 Å². The van der Waals surface area contributed by atoms with Crippen LogP contribution in [0.1, 0.15) is 13.8 Å². The lowest BCUT2D eigenvalue weighted by Crippen LogP contribution is -2.33. The van der Waals surface area contributed by atoms with Crippen molar-refractivity contribution in [3.05, 3.63) is 23.5 Å². The summed E-state index contributed by atoms with van der Waals surface area (Å²) >= 11 is 5.70. The van der Waals surface area contributed by atoms with E-state index in [4.69, 9.17) is 16.9 Å². The summed E-state index contributed by atoms with van der Waals surface area (Å²) in [5.74, 6) is 0. The predicted molar refractivity (Wildman–Crippen MR) is 63.8 cm³/mol. The van der Waals surface area contributed by atoms with E-state index in [1.165, 1.54) is 18.3 Å². The summed E-state index contributed by atoms with van der Waals surface area (Å²) in [6.07, 6.45) is 1.40. The van der Waals surface area contributed by atoms with Gasteiger partial charge in [-0.05, 0) is 26.0 Å². The number of aromatic nitrogens is 1.